The Balaban J connectivity index is 2.06. The number of fused-ring (bicyclic) bond motifs is 1. The number of nitriles is 2. The lowest BCUT2D eigenvalue weighted by Crippen LogP contribution is -2.00. The summed E-state index contributed by atoms with van der Waals surface area (Å²) in [6, 6.07) is 18.8. The molecular formula is C19H11N5O2. The van der Waals surface area contributed by atoms with E-state index >= 15 is 0 Å². The summed E-state index contributed by atoms with van der Waals surface area (Å²) in [7, 11) is 0. The van der Waals surface area contributed by atoms with Crippen LogP contribution in [0.25, 0.3) is 22.2 Å². The van der Waals surface area contributed by atoms with E-state index in [1.807, 2.05) is 0 Å². The molecule has 2 aromatic carbocycles. The Labute approximate surface area is 148 Å². The molecule has 0 spiro atoms. The first-order valence-corrected chi connectivity index (χ1v) is 7.50. The maximum atomic E-state index is 11.6. The standard InChI is InChI=1S/C19H11N5O2/c20-10-14(11-21)24-23-13-5-3-4-12(8-13)18-9-16(19(25)26)15-6-1-2-7-17(15)22-18/h1-9,23H,(H,25,26). The second kappa shape index (κ2) is 7.12. The molecule has 0 aliphatic rings. The fourth-order valence-electron chi connectivity index (χ4n) is 2.44. The van der Waals surface area contributed by atoms with Crippen LogP contribution in [0.5, 0.6) is 0 Å². The summed E-state index contributed by atoms with van der Waals surface area (Å²) < 4.78 is 0. The number of hydrogen-bond acceptors (Lipinski definition) is 6. The minimum absolute atomic E-state index is 0.165. The third-order valence-electron chi connectivity index (χ3n) is 3.61. The second-order valence-corrected chi connectivity index (χ2v) is 5.25. The number of carboxylic acid groups (broad SMARTS) is 1. The number of nitrogens with zero attached hydrogens (tertiary/aromatic N) is 4. The van der Waals surface area contributed by atoms with Crippen LogP contribution in [0.15, 0.2) is 59.7 Å². The summed E-state index contributed by atoms with van der Waals surface area (Å²) in [5.41, 5.74) is 4.78. The van der Waals surface area contributed by atoms with E-state index in [4.69, 9.17) is 10.5 Å². The number of anilines is 1. The molecule has 0 saturated carbocycles. The van der Waals surface area contributed by atoms with Gasteiger partial charge in [0.15, 0.2) is 0 Å². The van der Waals surface area contributed by atoms with Crippen molar-refractivity contribution in [3.63, 3.8) is 0 Å². The van der Waals surface area contributed by atoms with Gasteiger partial charge in [0.2, 0.25) is 5.71 Å². The average molecular weight is 341 g/mol. The predicted molar refractivity (Wildman–Crippen MR) is 96.4 cm³/mol. The first-order valence-electron chi connectivity index (χ1n) is 7.50. The molecule has 0 aliphatic carbocycles. The summed E-state index contributed by atoms with van der Waals surface area (Å²) in [5.74, 6) is -1.03. The number of nitrogens with one attached hydrogen (secondary N) is 1. The van der Waals surface area contributed by atoms with Gasteiger partial charge in [-0.05, 0) is 24.3 Å². The zero-order valence-electron chi connectivity index (χ0n) is 13.3. The van der Waals surface area contributed by atoms with Crippen LogP contribution >= 0.6 is 0 Å². The maximum Gasteiger partial charge on any atom is 0.336 e. The summed E-state index contributed by atoms with van der Waals surface area (Å²) in [6.07, 6.45) is 0. The quantitative estimate of drug-likeness (QED) is 0.554. The Hall–Kier alpha value is -4.23. The van der Waals surface area contributed by atoms with Crippen molar-refractivity contribution in [1.82, 2.24) is 4.98 Å². The number of aromatic carboxylic acids is 1. The molecule has 7 heteroatoms. The van der Waals surface area contributed by atoms with E-state index in [0.717, 1.165) is 0 Å². The van der Waals surface area contributed by atoms with Crippen molar-refractivity contribution in [1.29, 1.82) is 10.5 Å². The highest BCUT2D eigenvalue weighted by Gasteiger charge is 2.12. The van der Waals surface area contributed by atoms with Gasteiger partial charge in [-0.25, -0.2) is 9.78 Å². The van der Waals surface area contributed by atoms with Crippen molar-refractivity contribution in [2.45, 2.75) is 0 Å². The van der Waals surface area contributed by atoms with Crippen molar-refractivity contribution in [3.8, 4) is 23.4 Å². The molecule has 0 aliphatic heterocycles. The summed E-state index contributed by atoms with van der Waals surface area (Å²) in [6.45, 7) is 0. The van der Waals surface area contributed by atoms with Crippen LogP contribution in [-0.4, -0.2) is 21.8 Å². The second-order valence-electron chi connectivity index (χ2n) is 5.25. The number of para-hydroxylation sites is 1. The van der Waals surface area contributed by atoms with E-state index in [2.05, 4.69) is 15.5 Å². The highest BCUT2D eigenvalue weighted by atomic mass is 16.4. The van der Waals surface area contributed by atoms with Gasteiger partial charge < -0.3 is 5.11 Å². The van der Waals surface area contributed by atoms with Gasteiger partial charge in [-0.3, -0.25) is 5.43 Å². The van der Waals surface area contributed by atoms with Gasteiger partial charge in [-0.15, -0.1) is 0 Å². The highest BCUT2D eigenvalue weighted by Crippen LogP contribution is 2.26. The Morgan fingerprint density at radius 2 is 1.85 bits per heavy atom. The lowest BCUT2D eigenvalue weighted by atomic mass is 10.0. The monoisotopic (exact) mass is 341 g/mol. The van der Waals surface area contributed by atoms with E-state index < -0.39 is 5.97 Å². The Morgan fingerprint density at radius 3 is 2.58 bits per heavy atom. The molecule has 0 amide bonds. The van der Waals surface area contributed by atoms with Crippen molar-refractivity contribution >= 4 is 28.3 Å². The van der Waals surface area contributed by atoms with Crippen LogP contribution in [0.1, 0.15) is 10.4 Å². The lowest BCUT2D eigenvalue weighted by molar-refractivity contribution is 0.0699. The van der Waals surface area contributed by atoms with Gasteiger partial charge in [-0.1, -0.05) is 30.3 Å². The number of pyridine rings is 1. The molecule has 124 valence electrons. The number of aromatic nitrogens is 1. The van der Waals surface area contributed by atoms with Crippen molar-refractivity contribution < 1.29 is 9.90 Å². The van der Waals surface area contributed by atoms with Crippen molar-refractivity contribution in [3.05, 3.63) is 60.2 Å². The van der Waals surface area contributed by atoms with E-state index in [1.54, 1.807) is 60.7 Å². The molecule has 2 N–H and O–H groups in total. The topological polar surface area (TPSA) is 122 Å². The molecule has 3 rings (SSSR count). The molecule has 1 heterocycles. The average Bonchev–Trinajstić information content (AvgIpc) is 2.68. The van der Waals surface area contributed by atoms with Crippen LogP contribution in [-0.2, 0) is 0 Å². The number of carboxylic acids is 1. The number of hydrazone groups is 1. The predicted octanol–water partition coefficient (Wildman–Crippen LogP) is 3.42. The highest BCUT2D eigenvalue weighted by molar-refractivity contribution is 6.10. The first-order chi connectivity index (χ1) is 12.6. The van der Waals surface area contributed by atoms with Crippen molar-refractivity contribution in [2.24, 2.45) is 5.10 Å². The molecule has 0 saturated heterocycles. The molecular weight excluding hydrogens is 330 g/mol. The lowest BCUT2D eigenvalue weighted by Gasteiger charge is -2.08. The third-order valence-corrected chi connectivity index (χ3v) is 3.61. The molecule has 1 aromatic heterocycles. The van der Waals surface area contributed by atoms with Gasteiger partial charge in [0.05, 0.1) is 22.5 Å². The van der Waals surface area contributed by atoms with Gasteiger partial charge in [-0.2, -0.15) is 15.6 Å². The van der Waals surface area contributed by atoms with Crippen LogP contribution in [0.4, 0.5) is 5.69 Å². The fourth-order valence-corrected chi connectivity index (χ4v) is 2.44. The minimum Gasteiger partial charge on any atom is -0.478 e. The molecule has 7 nitrogen and oxygen atoms in total. The van der Waals surface area contributed by atoms with Crippen LogP contribution in [0.2, 0.25) is 0 Å². The number of carbonyl (C=O) groups is 1. The molecule has 26 heavy (non-hydrogen) atoms. The zero-order valence-corrected chi connectivity index (χ0v) is 13.3. The minimum atomic E-state index is -1.03. The summed E-state index contributed by atoms with van der Waals surface area (Å²) in [4.78, 5) is 16.1. The van der Waals surface area contributed by atoms with Gasteiger partial charge >= 0.3 is 5.97 Å². The largest absolute Gasteiger partial charge is 0.478 e. The van der Waals surface area contributed by atoms with Crippen molar-refractivity contribution in [2.75, 3.05) is 5.43 Å². The number of hydrogen-bond donors (Lipinski definition) is 2. The van der Waals surface area contributed by atoms with Crippen LogP contribution < -0.4 is 5.43 Å². The SMILES string of the molecule is N#CC(C#N)=NNc1cccc(-c2cc(C(=O)O)c3ccccc3n2)c1. The molecule has 3 aromatic rings. The summed E-state index contributed by atoms with van der Waals surface area (Å²) in [5, 5.41) is 31.2. The van der Waals surface area contributed by atoms with Gasteiger partial charge in [0, 0.05) is 10.9 Å². The molecule has 0 fully saturated rings. The van der Waals surface area contributed by atoms with Crippen LogP contribution in [0.3, 0.4) is 0 Å². The van der Waals surface area contributed by atoms with E-state index in [-0.39, 0.29) is 11.3 Å². The Morgan fingerprint density at radius 1 is 1.08 bits per heavy atom. The number of rotatable bonds is 4. The molecule has 0 bridgehead atoms. The van der Waals surface area contributed by atoms with E-state index in [1.165, 1.54) is 6.07 Å². The van der Waals surface area contributed by atoms with Gasteiger partial charge in [0.1, 0.15) is 12.1 Å². The van der Waals surface area contributed by atoms with E-state index in [0.29, 0.717) is 27.8 Å². The number of benzene rings is 2. The molecule has 0 radical (unpaired) electrons. The zero-order chi connectivity index (χ0) is 18.5. The smallest absolute Gasteiger partial charge is 0.336 e. The fraction of sp³-hybridized carbons (Fsp3) is 0. The maximum absolute atomic E-state index is 11.6. The van der Waals surface area contributed by atoms with Crippen LogP contribution in [0, 0.1) is 22.7 Å². The third kappa shape index (κ3) is 3.32. The Kier molecular flexibility index (Phi) is 4.55. The normalized spacial score (nSPS) is 9.77. The molecule has 0 atom stereocenters. The molecule has 0 unspecified atom stereocenters. The summed E-state index contributed by atoms with van der Waals surface area (Å²) >= 11 is 0. The van der Waals surface area contributed by atoms with E-state index in [9.17, 15) is 9.90 Å². The van der Waals surface area contributed by atoms with Gasteiger partial charge in [0.25, 0.3) is 0 Å². The first kappa shape index (κ1) is 16.6. The Bertz CT molecular complexity index is 1110.